The van der Waals surface area contributed by atoms with Crippen molar-refractivity contribution >= 4 is 88.4 Å². The number of amides is 4. The summed E-state index contributed by atoms with van der Waals surface area (Å²) in [5.41, 5.74) is 6.80. The average Bonchev–Trinajstić information content (AvgIpc) is 3.88. The largest absolute Gasteiger partial charge is 0.388 e. The van der Waals surface area contributed by atoms with Crippen molar-refractivity contribution in [3.63, 3.8) is 0 Å². The number of nitro groups is 1. The Morgan fingerprint density at radius 3 is 1.98 bits per heavy atom. The van der Waals surface area contributed by atoms with Gasteiger partial charge in [-0.3, -0.25) is 43.8 Å². The molecule has 4 heterocycles. The fourth-order valence-electron chi connectivity index (χ4n) is 4.88. The van der Waals surface area contributed by atoms with E-state index in [4.69, 9.17) is 11.1 Å². The molecular formula is C30H34Cl2N12O6. The predicted molar refractivity (Wildman–Crippen MR) is 191 cm³/mol. The number of nitro benzene ring substituents is 1. The Balaban J connectivity index is 0.00000338. The molecule has 4 N–H and O–H groups in total. The summed E-state index contributed by atoms with van der Waals surface area (Å²) in [5, 5.41) is 21.4. The molecule has 5 rings (SSSR count). The molecule has 0 fully saturated rings. The molecule has 4 aromatic heterocycles. The van der Waals surface area contributed by atoms with Crippen LogP contribution >= 0.6 is 24.8 Å². The molecule has 0 aliphatic rings. The van der Waals surface area contributed by atoms with E-state index in [1.165, 1.54) is 95.4 Å². The lowest BCUT2D eigenvalue weighted by Gasteiger charge is -2.18. The van der Waals surface area contributed by atoms with Crippen molar-refractivity contribution in [3.8, 4) is 0 Å². The number of carbonyl (C=O) groups excluding carboxylic acids is 4. The number of aromatic nitrogens is 5. The highest BCUT2D eigenvalue weighted by molar-refractivity contribution is 6.05. The second kappa shape index (κ2) is 15.4. The lowest BCUT2D eigenvalue weighted by atomic mass is 10.3. The van der Waals surface area contributed by atoms with Crippen LogP contribution in [0.3, 0.4) is 0 Å². The van der Waals surface area contributed by atoms with Crippen molar-refractivity contribution in [2.45, 2.75) is 6.42 Å². The quantitative estimate of drug-likeness (QED) is 0.0897. The van der Waals surface area contributed by atoms with Crippen molar-refractivity contribution in [2.75, 3.05) is 42.8 Å². The fourth-order valence-corrected chi connectivity index (χ4v) is 4.88. The van der Waals surface area contributed by atoms with Gasteiger partial charge in [0.05, 0.1) is 33.3 Å². The zero-order valence-corrected chi connectivity index (χ0v) is 28.8. The molecule has 0 spiro atoms. The van der Waals surface area contributed by atoms with Crippen LogP contribution in [-0.2, 0) is 7.05 Å². The number of fused-ring (bicyclic) bond motifs is 1. The van der Waals surface area contributed by atoms with Gasteiger partial charge in [0.1, 0.15) is 0 Å². The van der Waals surface area contributed by atoms with Crippen LogP contribution in [0.25, 0.3) is 11.0 Å². The molecule has 0 saturated carbocycles. The molecule has 20 heteroatoms. The number of carbonyl (C=O) groups is 4. The van der Waals surface area contributed by atoms with E-state index in [0.29, 0.717) is 16.9 Å². The third kappa shape index (κ3) is 7.61. The minimum absolute atomic E-state index is 0. The van der Waals surface area contributed by atoms with Gasteiger partial charge in [-0.05, 0) is 24.3 Å². The number of nitrogens with two attached hydrogens (primary N) is 1. The van der Waals surface area contributed by atoms with Gasteiger partial charge < -0.3 is 20.5 Å². The van der Waals surface area contributed by atoms with Crippen molar-refractivity contribution < 1.29 is 24.1 Å². The first kappa shape index (κ1) is 38.3. The van der Waals surface area contributed by atoms with Gasteiger partial charge in [0.2, 0.25) is 0 Å². The molecular weight excluding hydrogens is 695 g/mol. The van der Waals surface area contributed by atoms with Crippen LogP contribution in [0, 0.1) is 15.5 Å². The number of nitrogens with zero attached hydrogens (tertiary/aromatic N) is 9. The number of benzene rings is 1. The lowest BCUT2D eigenvalue weighted by Crippen LogP contribution is -2.33. The molecule has 0 aliphatic carbocycles. The molecule has 0 radical (unpaired) electrons. The van der Waals surface area contributed by atoms with Crippen LogP contribution < -0.4 is 20.9 Å². The van der Waals surface area contributed by atoms with Crippen LogP contribution in [0.4, 0.5) is 37.1 Å². The van der Waals surface area contributed by atoms with Gasteiger partial charge in [0, 0.05) is 84.4 Å². The third-order valence-corrected chi connectivity index (χ3v) is 7.65. The standard InChI is InChI=1S/C30H32N12O6.2ClH/c1-35(12-11-24(31)32)28(44)40-14-9-20(17-40)37(3)30(46)41-15-10-21(18-41)36(2)29(45)39-13-8-19(16-39)33-27(43)26-34-25-22(38(26)4)6-5-7-23(25)42(47)48;;/h5-10,13-18H,11-12H2,1-4H3,(H3,31,32)(H,33,43);2*1H. The number of amidine groups is 1. The predicted octanol–water partition coefficient (Wildman–Crippen LogP) is 4.42. The maximum atomic E-state index is 13.3. The summed E-state index contributed by atoms with van der Waals surface area (Å²) in [6.07, 6.45) is 9.10. The molecule has 0 unspecified atom stereocenters. The minimum Gasteiger partial charge on any atom is -0.388 e. The van der Waals surface area contributed by atoms with Gasteiger partial charge in [0.25, 0.3) is 11.6 Å². The Morgan fingerprint density at radius 2 is 1.42 bits per heavy atom. The normalized spacial score (nSPS) is 10.5. The molecule has 1 aromatic carbocycles. The summed E-state index contributed by atoms with van der Waals surface area (Å²) < 4.78 is 5.31. The summed E-state index contributed by atoms with van der Waals surface area (Å²) in [6.45, 7) is 0.269. The zero-order valence-electron chi connectivity index (χ0n) is 27.2. The molecule has 18 nitrogen and oxygen atoms in total. The maximum absolute atomic E-state index is 13.3. The number of anilines is 3. The number of hydrogen-bond donors (Lipinski definition) is 3. The van der Waals surface area contributed by atoms with Crippen molar-refractivity contribution in [2.24, 2.45) is 12.8 Å². The van der Waals surface area contributed by atoms with Gasteiger partial charge in [-0.15, -0.1) is 24.8 Å². The second-order valence-corrected chi connectivity index (χ2v) is 10.9. The summed E-state index contributed by atoms with van der Waals surface area (Å²) in [6, 6.07) is 7.85. The van der Waals surface area contributed by atoms with E-state index in [9.17, 15) is 29.3 Å². The number of hydrogen-bond acceptors (Lipinski definition) is 8. The van der Waals surface area contributed by atoms with Crippen LogP contribution in [0.5, 0.6) is 0 Å². The number of nitrogens with one attached hydrogen (secondary N) is 2. The Labute approximate surface area is 297 Å². The van der Waals surface area contributed by atoms with Crippen LogP contribution in [0.1, 0.15) is 17.0 Å². The molecule has 0 bridgehead atoms. The second-order valence-electron chi connectivity index (χ2n) is 10.9. The van der Waals surface area contributed by atoms with E-state index in [-0.39, 0.29) is 72.4 Å². The average molecular weight is 730 g/mol. The summed E-state index contributed by atoms with van der Waals surface area (Å²) in [7, 11) is 6.23. The van der Waals surface area contributed by atoms with E-state index in [1.54, 1.807) is 39.3 Å². The fraction of sp³-hybridized carbons (Fsp3) is 0.200. The van der Waals surface area contributed by atoms with E-state index in [0.717, 1.165) is 0 Å². The SMILES string of the molecule is CN(CCC(=N)N)C(=O)n1ccc(N(C)C(=O)n2ccc(N(C)C(=O)n3ccc(NC(=O)c4nc5c([N+](=O)[O-])cccc5n4C)c3)c2)c1.Cl.Cl. The minimum atomic E-state index is -0.624. The van der Waals surface area contributed by atoms with Gasteiger partial charge in [-0.2, -0.15) is 0 Å². The van der Waals surface area contributed by atoms with Crippen molar-refractivity contribution in [3.05, 3.63) is 89.5 Å². The number of rotatable bonds is 8. The van der Waals surface area contributed by atoms with E-state index in [1.807, 2.05) is 0 Å². The van der Waals surface area contributed by atoms with Gasteiger partial charge >= 0.3 is 18.1 Å². The molecule has 264 valence electrons. The lowest BCUT2D eigenvalue weighted by molar-refractivity contribution is -0.383. The monoisotopic (exact) mass is 728 g/mol. The summed E-state index contributed by atoms with van der Waals surface area (Å²) in [5.74, 6) is -0.700. The van der Waals surface area contributed by atoms with Crippen molar-refractivity contribution in [1.82, 2.24) is 28.2 Å². The van der Waals surface area contributed by atoms with E-state index in [2.05, 4.69) is 10.3 Å². The highest BCUT2D eigenvalue weighted by Gasteiger charge is 2.23. The van der Waals surface area contributed by atoms with Gasteiger partial charge in [-0.1, -0.05) is 6.07 Å². The van der Waals surface area contributed by atoms with Crippen LogP contribution in [-0.4, -0.2) is 90.6 Å². The molecule has 5 aromatic rings. The number of para-hydroxylation sites is 1. The first-order valence-electron chi connectivity index (χ1n) is 14.4. The first-order chi connectivity index (χ1) is 22.8. The highest BCUT2D eigenvalue weighted by Crippen LogP contribution is 2.26. The number of non-ortho nitro benzene ring substituents is 1. The first-order valence-corrected chi connectivity index (χ1v) is 14.4. The smallest absolute Gasteiger partial charge is 0.332 e. The maximum Gasteiger partial charge on any atom is 0.332 e. The Hall–Kier alpha value is -6.14. The van der Waals surface area contributed by atoms with Crippen molar-refractivity contribution in [1.29, 1.82) is 5.41 Å². The number of aryl methyl sites for hydroxylation is 1. The third-order valence-electron chi connectivity index (χ3n) is 7.65. The Kier molecular flexibility index (Phi) is 11.8. The Bertz CT molecular complexity index is 2100. The summed E-state index contributed by atoms with van der Waals surface area (Å²) >= 11 is 0. The summed E-state index contributed by atoms with van der Waals surface area (Å²) in [4.78, 5) is 71.3. The van der Waals surface area contributed by atoms with Crippen LogP contribution in [0.2, 0.25) is 0 Å². The van der Waals surface area contributed by atoms with E-state index < -0.39 is 22.9 Å². The molecule has 50 heavy (non-hydrogen) atoms. The molecule has 0 saturated heterocycles. The molecule has 4 amide bonds. The molecule has 0 aliphatic heterocycles. The Morgan fingerprint density at radius 1 is 0.880 bits per heavy atom. The van der Waals surface area contributed by atoms with E-state index >= 15 is 0 Å². The number of halogens is 2. The topological polar surface area (TPSA) is 216 Å². The highest BCUT2D eigenvalue weighted by atomic mass is 35.5. The number of imidazole rings is 1. The zero-order chi connectivity index (χ0) is 34.9. The van der Waals surface area contributed by atoms with Crippen LogP contribution in [0.15, 0.2) is 73.6 Å². The van der Waals surface area contributed by atoms with Gasteiger partial charge in [-0.25, -0.2) is 19.4 Å². The molecule has 0 atom stereocenters. The van der Waals surface area contributed by atoms with Gasteiger partial charge in [0.15, 0.2) is 11.3 Å².